The Morgan fingerprint density at radius 3 is 2.94 bits per heavy atom. The van der Waals surface area contributed by atoms with Gasteiger partial charge in [-0.3, -0.25) is 9.78 Å². The van der Waals surface area contributed by atoms with Crippen molar-refractivity contribution < 1.29 is 9.21 Å². The molecule has 0 radical (unpaired) electrons. The Morgan fingerprint density at radius 1 is 1.44 bits per heavy atom. The molecular weight excluding hydrogens is 206 g/mol. The van der Waals surface area contributed by atoms with Gasteiger partial charge in [0.15, 0.2) is 6.39 Å². The summed E-state index contributed by atoms with van der Waals surface area (Å²) in [5.41, 5.74) is 2.56. The third kappa shape index (κ3) is 1.93. The van der Waals surface area contributed by atoms with Crippen molar-refractivity contribution in [3.8, 4) is 0 Å². The summed E-state index contributed by atoms with van der Waals surface area (Å²) < 4.78 is 4.90. The van der Waals surface area contributed by atoms with Gasteiger partial charge in [0, 0.05) is 17.6 Å². The van der Waals surface area contributed by atoms with Crippen molar-refractivity contribution in [2.24, 2.45) is 0 Å². The molecule has 5 nitrogen and oxygen atoms in total. The predicted molar refractivity (Wildman–Crippen MR) is 58.2 cm³/mol. The summed E-state index contributed by atoms with van der Waals surface area (Å²) in [4.78, 5) is 19.5. The van der Waals surface area contributed by atoms with Crippen molar-refractivity contribution in [1.82, 2.24) is 9.97 Å². The first-order valence-electron chi connectivity index (χ1n) is 4.80. The van der Waals surface area contributed by atoms with E-state index in [1.807, 2.05) is 13.8 Å². The second-order valence-corrected chi connectivity index (χ2v) is 3.39. The average molecular weight is 217 g/mol. The van der Waals surface area contributed by atoms with Gasteiger partial charge in [-0.1, -0.05) is 0 Å². The van der Waals surface area contributed by atoms with Gasteiger partial charge in [-0.2, -0.15) is 0 Å². The summed E-state index contributed by atoms with van der Waals surface area (Å²) in [6.07, 6.45) is 4.25. The van der Waals surface area contributed by atoms with E-state index >= 15 is 0 Å². The lowest BCUT2D eigenvalue weighted by Crippen LogP contribution is -2.12. The van der Waals surface area contributed by atoms with Crippen LogP contribution in [0.2, 0.25) is 0 Å². The monoisotopic (exact) mass is 217 g/mol. The summed E-state index contributed by atoms with van der Waals surface area (Å²) in [6, 6.07) is 1.75. The molecule has 0 aliphatic rings. The summed E-state index contributed by atoms with van der Waals surface area (Å²) in [6.45, 7) is 3.79. The molecule has 0 saturated carbocycles. The molecular formula is C11H11N3O2. The second-order valence-electron chi connectivity index (χ2n) is 3.39. The molecule has 0 fully saturated rings. The second kappa shape index (κ2) is 4.14. The summed E-state index contributed by atoms with van der Waals surface area (Å²) >= 11 is 0. The molecule has 2 aromatic heterocycles. The van der Waals surface area contributed by atoms with Gasteiger partial charge in [0.25, 0.3) is 5.91 Å². The number of anilines is 1. The summed E-state index contributed by atoms with van der Waals surface area (Å²) in [5.74, 6) is -0.125. The molecule has 1 N–H and O–H groups in total. The molecule has 82 valence electrons. The number of oxazole rings is 1. The van der Waals surface area contributed by atoms with Gasteiger partial charge in [-0.25, -0.2) is 4.98 Å². The van der Waals surface area contributed by atoms with Crippen LogP contribution in [0.5, 0.6) is 0 Å². The largest absolute Gasteiger partial charge is 0.438 e. The topological polar surface area (TPSA) is 68.0 Å². The van der Waals surface area contributed by atoms with Crippen molar-refractivity contribution in [2.75, 3.05) is 5.32 Å². The fourth-order valence-electron chi connectivity index (χ4n) is 1.29. The number of carbonyl (C=O) groups excluding carboxylic acids is 1. The number of amides is 1. The Hall–Kier alpha value is -2.17. The first-order chi connectivity index (χ1) is 7.68. The van der Waals surface area contributed by atoms with Crippen molar-refractivity contribution in [3.63, 3.8) is 0 Å². The van der Waals surface area contributed by atoms with E-state index in [4.69, 9.17) is 4.42 Å². The van der Waals surface area contributed by atoms with E-state index in [0.29, 0.717) is 0 Å². The quantitative estimate of drug-likeness (QED) is 0.834. The third-order valence-electron chi connectivity index (χ3n) is 2.36. The molecule has 0 saturated heterocycles. The highest BCUT2D eigenvalue weighted by Crippen LogP contribution is 2.16. The number of nitrogens with zero attached hydrogens (tertiary/aromatic N) is 2. The number of rotatable bonds is 2. The molecule has 16 heavy (non-hydrogen) atoms. The SMILES string of the molecule is Cc1nccc(NC(=O)c2cnco2)c1C. The van der Waals surface area contributed by atoms with Gasteiger partial charge in [-0.15, -0.1) is 0 Å². The minimum Gasteiger partial charge on any atom is -0.438 e. The number of hydrogen-bond acceptors (Lipinski definition) is 4. The van der Waals surface area contributed by atoms with Crippen LogP contribution in [-0.2, 0) is 0 Å². The zero-order valence-electron chi connectivity index (χ0n) is 9.02. The van der Waals surface area contributed by atoms with Crippen molar-refractivity contribution in [2.45, 2.75) is 13.8 Å². The van der Waals surface area contributed by atoms with E-state index in [1.165, 1.54) is 12.6 Å². The number of hydrogen-bond donors (Lipinski definition) is 1. The van der Waals surface area contributed by atoms with E-state index in [1.54, 1.807) is 12.3 Å². The first-order valence-corrected chi connectivity index (χ1v) is 4.80. The molecule has 0 atom stereocenters. The fourth-order valence-corrected chi connectivity index (χ4v) is 1.29. The van der Waals surface area contributed by atoms with Crippen LogP contribution in [0, 0.1) is 13.8 Å². The highest BCUT2D eigenvalue weighted by molar-refractivity contribution is 6.02. The van der Waals surface area contributed by atoms with E-state index in [-0.39, 0.29) is 11.7 Å². The van der Waals surface area contributed by atoms with Crippen LogP contribution in [0.3, 0.4) is 0 Å². The van der Waals surface area contributed by atoms with Crippen molar-refractivity contribution in [3.05, 3.63) is 41.9 Å². The molecule has 0 aromatic carbocycles. The number of aryl methyl sites for hydroxylation is 1. The molecule has 0 aliphatic carbocycles. The molecule has 5 heteroatoms. The van der Waals surface area contributed by atoms with Crippen LogP contribution in [0.15, 0.2) is 29.3 Å². The van der Waals surface area contributed by atoms with E-state index in [9.17, 15) is 4.79 Å². The van der Waals surface area contributed by atoms with Gasteiger partial charge in [0.1, 0.15) is 0 Å². The fraction of sp³-hybridized carbons (Fsp3) is 0.182. The number of pyridine rings is 1. The van der Waals surface area contributed by atoms with Gasteiger partial charge >= 0.3 is 0 Å². The molecule has 0 bridgehead atoms. The average Bonchev–Trinajstić information content (AvgIpc) is 2.78. The minimum atomic E-state index is -0.314. The van der Waals surface area contributed by atoms with Gasteiger partial charge < -0.3 is 9.73 Å². The molecule has 2 heterocycles. The molecule has 1 amide bonds. The third-order valence-corrected chi connectivity index (χ3v) is 2.36. The molecule has 0 unspecified atom stereocenters. The van der Waals surface area contributed by atoms with Gasteiger partial charge in [-0.05, 0) is 25.5 Å². The van der Waals surface area contributed by atoms with Crippen LogP contribution in [0.4, 0.5) is 5.69 Å². The van der Waals surface area contributed by atoms with E-state index in [2.05, 4.69) is 15.3 Å². The maximum Gasteiger partial charge on any atom is 0.293 e. The highest BCUT2D eigenvalue weighted by Gasteiger charge is 2.11. The maximum absolute atomic E-state index is 11.7. The molecule has 2 aromatic rings. The van der Waals surface area contributed by atoms with Crippen LogP contribution < -0.4 is 5.32 Å². The standard InChI is InChI=1S/C11H11N3O2/c1-7-8(2)13-4-3-9(7)14-11(15)10-5-12-6-16-10/h3-6H,1-2H3,(H,13,14,15). The Labute approximate surface area is 92.5 Å². The minimum absolute atomic E-state index is 0.189. The number of carbonyl (C=O) groups is 1. The van der Waals surface area contributed by atoms with Crippen molar-refractivity contribution in [1.29, 1.82) is 0 Å². The summed E-state index contributed by atoms with van der Waals surface area (Å²) in [7, 11) is 0. The summed E-state index contributed by atoms with van der Waals surface area (Å²) in [5, 5.41) is 2.74. The van der Waals surface area contributed by atoms with E-state index < -0.39 is 0 Å². The van der Waals surface area contributed by atoms with Crippen molar-refractivity contribution >= 4 is 11.6 Å². The Kier molecular flexibility index (Phi) is 2.68. The predicted octanol–water partition coefficient (Wildman–Crippen LogP) is 1.94. The van der Waals surface area contributed by atoms with E-state index in [0.717, 1.165) is 16.9 Å². The van der Waals surface area contributed by atoms with Gasteiger partial charge in [0.2, 0.25) is 5.76 Å². The lowest BCUT2D eigenvalue weighted by atomic mass is 10.2. The molecule has 0 spiro atoms. The highest BCUT2D eigenvalue weighted by atomic mass is 16.3. The van der Waals surface area contributed by atoms with Crippen LogP contribution in [-0.4, -0.2) is 15.9 Å². The first kappa shape index (κ1) is 10.4. The van der Waals surface area contributed by atoms with Crippen LogP contribution in [0.25, 0.3) is 0 Å². The number of nitrogens with one attached hydrogen (secondary N) is 1. The van der Waals surface area contributed by atoms with Crippen LogP contribution >= 0.6 is 0 Å². The molecule has 0 aliphatic heterocycles. The molecule has 2 rings (SSSR count). The Bertz CT molecular complexity index is 506. The zero-order chi connectivity index (χ0) is 11.5. The number of aromatic nitrogens is 2. The van der Waals surface area contributed by atoms with Crippen LogP contribution in [0.1, 0.15) is 21.8 Å². The Morgan fingerprint density at radius 2 is 2.25 bits per heavy atom. The zero-order valence-corrected chi connectivity index (χ0v) is 9.02. The normalized spacial score (nSPS) is 10.1. The van der Waals surface area contributed by atoms with Gasteiger partial charge in [0.05, 0.1) is 6.20 Å². The lowest BCUT2D eigenvalue weighted by Gasteiger charge is -2.07. The lowest BCUT2D eigenvalue weighted by molar-refractivity contribution is 0.0996. The smallest absolute Gasteiger partial charge is 0.293 e. The maximum atomic E-state index is 11.7. The Balaban J connectivity index is 2.22.